The number of nitrogens with zero attached hydrogens (tertiary/aromatic N) is 3. The van der Waals surface area contributed by atoms with Crippen molar-refractivity contribution in [1.82, 2.24) is 15.0 Å². The number of aromatic nitrogens is 3. The zero-order valence-corrected chi connectivity index (χ0v) is 12.3. The van der Waals surface area contributed by atoms with Crippen LogP contribution in [0.2, 0.25) is 0 Å². The lowest BCUT2D eigenvalue weighted by Crippen LogP contribution is -2.14. The van der Waals surface area contributed by atoms with E-state index in [1.54, 1.807) is 0 Å². The van der Waals surface area contributed by atoms with Gasteiger partial charge in [-0.25, -0.2) is 4.68 Å². The highest BCUT2D eigenvalue weighted by atomic mass is 16.5. The summed E-state index contributed by atoms with van der Waals surface area (Å²) in [4.78, 5) is 0. The Hall–Kier alpha value is -1.88. The van der Waals surface area contributed by atoms with Gasteiger partial charge in [0.15, 0.2) is 0 Å². The number of aryl methyl sites for hydroxylation is 1. The highest BCUT2D eigenvalue weighted by Crippen LogP contribution is 2.17. The smallest absolute Gasteiger partial charge is 0.119 e. The molecule has 0 saturated heterocycles. The lowest BCUT2D eigenvalue weighted by atomic mass is 10.1. The van der Waals surface area contributed by atoms with Gasteiger partial charge in [-0.05, 0) is 25.0 Å². The first-order valence-corrected chi connectivity index (χ1v) is 6.93. The van der Waals surface area contributed by atoms with E-state index in [4.69, 9.17) is 10.5 Å². The Labute approximate surface area is 119 Å². The lowest BCUT2D eigenvalue weighted by Gasteiger charge is -2.11. The molecule has 1 heterocycles. The summed E-state index contributed by atoms with van der Waals surface area (Å²) in [5, 5.41) is 8.29. The highest BCUT2D eigenvalue weighted by molar-refractivity contribution is 5.26. The van der Waals surface area contributed by atoms with Crippen molar-refractivity contribution in [3.8, 4) is 5.75 Å². The Morgan fingerprint density at radius 1 is 1.25 bits per heavy atom. The molecule has 0 bridgehead atoms. The van der Waals surface area contributed by atoms with Crippen LogP contribution in [0.15, 0.2) is 24.3 Å². The van der Waals surface area contributed by atoms with Crippen molar-refractivity contribution in [3.63, 3.8) is 0 Å². The topological polar surface area (TPSA) is 66.0 Å². The van der Waals surface area contributed by atoms with Crippen LogP contribution in [0.5, 0.6) is 5.75 Å². The summed E-state index contributed by atoms with van der Waals surface area (Å²) in [6.07, 6.45) is 0. The Bertz CT molecular complexity index is 546. The largest absolute Gasteiger partial charge is 0.492 e. The Balaban J connectivity index is 1.97. The first-order valence-electron chi connectivity index (χ1n) is 6.93. The molecule has 0 atom stereocenters. The van der Waals surface area contributed by atoms with Gasteiger partial charge in [-0.3, -0.25) is 0 Å². The maximum Gasteiger partial charge on any atom is 0.119 e. The number of hydrogen-bond donors (Lipinski definition) is 1. The van der Waals surface area contributed by atoms with E-state index in [1.165, 1.54) is 5.56 Å². The maximum atomic E-state index is 5.72. The number of nitrogens with two attached hydrogens (primary N) is 1. The number of hydrogen-bond acceptors (Lipinski definition) is 4. The second-order valence-electron chi connectivity index (χ2n) is 5.16. The fraction of sp³-hybridized carbons (Fsp3) is 0.467. The summed E-state index contributed by atoms with van der Waals surface area (Å²) in [6, 6.07) is 8.03. The van der Waals surface area contributed by atoms with Crippen LogP contribution in [0.4, 0.5) is 0 Å². The van der Waals surface area contributed by atoms with Gasteiger partial charge in [-0.15, -0.1) is 5.10 Å². The summed E-state index contributed by atoms with van der Waals surface area (Å²) in [7, 11) is 0. The molecular weight excluding hydrogens is 252 g/mol. The van der Waals surface area contributed by atoms with E-state index in [-0.39, 0.29) is 0 Å². The van der Waals surface area contributed by atoms with Crippen molar-refractivity contribution in [2.75, 3.05) is 6.61 Å². The van der Waals surface area contributed by atoms with Crippen LogP contribution in [-0.2, 0) is 13.1 Å². The number of benzene rings is 1. The van der Waals surface area contributed by atoms with E-state index in [1.807, 2.05) is 28.9 Å². The van der Waals surface area contributed by atoms with E-state index in [2.05, 4.69) is 31.1 Å². The maximum absolute atomic E-state index is 5.72. The first-order chi connectivity index (χ1) is 9.61. The molecule has 0 radical (unpaired) electrons. The first kappa shape index (κ1) is 14.5. The van der Waals surface area contributed by atoms with Crippen molar-refractivity contribution in [3.05, 3.63) is 41.2 Å². The van der Waals surface area contributed by atoms with Crippen LogP contribution in [0.3, 0.4) is 0 Å². The SMILES string of the molecule is Cc1ccc(OCCn2nnc(CN)c2C(C)C)cc1. The van der Waals surface area contributed by atoms with Crippen molar-refractivity contribution >= 4 is 0 Å². The zero-order chi connectivity index (χ0) is 14.5. The molecule has 0 unspecified atom stereocenters. The van der Waals surface area contributed by atoms with Crippen LogP contribution in [-0.4, -0.2) is 21.6 Å². The molecular formula is C15H22N4O. The molecule has 0 fully saturated rings. The molecule has 0 aliphatic heterocycles. The normalized spacial score (nSPS) is 11.1. The summed E-state index contributed by atoms with van der Waals surface area (Å²) in [5.41, 5.74) is 8.88. The molecule has 108 valence electrons. The quantitative estimate of drug-likeness (QED) is 0.877. The van der Waals surface area contributed by atoms with E-state index in [0.29, 0.717) is 25.6 Å². The van der Waals surface area contributed by atoms with Gasteiger partial charge < -0.3 is 10.5 Å². The van der Waals surface area contributed by atoms with E-state index in [9.17, 15) is 0 Å². The average molecular weight is 274 g/mol. The fourth-order valence-corrected chi connectivity index (χ4v) is 2.18. The molecule has 2 aromatic rings. The van der Waals surface area contributed by atoms with Crippen LogP contribution < -0.4 is 10.5 Å². The molecule has 0 aliphatic rings. The van der Waals surface area contributed by atoms with Crippen LogP contribution in [0.25, 0.3) is 0 Å². The zero-order valence-electron chi connectivity index (χ0n) is 12.3. The summed E-state index contributed by atoms with van der Waals surface area (Å²) < 4.78 is 7.61. The van der Waals surface area contributed by atoms with Crippen LogP contribution in [0, 0.1) is 6.92 Å². The predicted octanol–water partition coefficient (Wildman–Crippen LogP) is 2.25. The predicted molar refractivity (Wildman–Crippen MR) is 78.7 cm³/mol. The van der Waals surface area contributed by atoms with Gasteiger partial charge in [0, 0.05) is 6.54 Å². The Kier molecular flexibility index (Phi) is 4.74. The standard InChI is InChI=1S/C15H22N4O/c1-11(2)15-14(10-16)17-18-19(15)8-9-20-13-6-4-12(3)5-7-13/h4-7,11H,8-10,16H2,1-3H3. The summed E-state index contributed by atoms with van der Waals surface area (Å²) in [5.74, 6) is 1.23. The third-order valence-corrected chi connectivity index (χ3v) is 3.18. The van der Waals surface area contributed by atoms with Gasteiger partial charge in [-0.1, -0.05) is 36.8 Å². The average Bonchev–Trinajstić information content (AvgIpc) is 2.84. The highest BCUT2D eigenvalue weighted by Gasteiger charge is 2.14. The van der Waals surface area contributed by atoms with E-state index in [0.717, 1.165) is 17.1 Å². The summed E-state index contributed by atoms with van der Waals surface area (Å²) >= 11 is 0. The minimum Gasteiger partial charge on any atom is -0.492 e. The molecule has 5 heteroatoms. The van der Waals surface area contributed by atoms with Gasteiger partial charge in [0.1, 0.15) is 12.4 Å². The Morgan fingerprint density at radius 2 is 1.95 bits per heavy atom. The third kappa shape index (κ3) is 3.36. The number of ether oxygens (including phenoxy) is 1. The molecule has 0 amide bonds. The van der Waals surface area contributed by atoms with Gasteiger partial charge in [-0.2, -0.15) is 0 Å². The van der Waals surface area contributed by atoms with Crippen molar-refractivity contribution in [2.45, 2.75) is 39.8 Å². The van der Waals surface area contributed by atoms with Crippen molar-refractivity contribution in [1.29, 1.82) is 0 Å². The second-order valence-corrected chi connectivity index (χ2v) is 5.16. The monoisotopic (exact) mass is 274 g/mol. The van der Waals surface area contributed by atoms with Crippen molar-refractivity contribution in [2.24, 2.45) is 5.73 Å². The molecule has 1 aromatic heterocycles. The van der Waals surface area contributed by atoms with Gasteiger partial charge in [0.2, 0.25) is 0 Å². The van der Waals surface area contributed by atoms with Crippen LogP contribution in [0.1, 0.15) is 36.7 Å². The molecule has 1 aromatic carbocycles. The Morgan fingerprint density at radius 3 is 2.55 bits per heavy atom. The molecule has 5 nitrogen and oxygen atoms in total. The molecule has 2 rings (SSSR count). The summed E-state index contributed by atoms with van der Waals surface area (Å²) in [6.45, 7) is 7.96. The molecule has 0 saturated carbocycles. The van der Waals surface area contributed by atoms with Gasteiger partial charge >= 0.3 is 0 Å². The van der Waals surface area contributed by atoms with E-state index >= 15 is 0 Å². The van der Waals surface area contributed by atoms with E-state index < -0.39 is 0 Å². The van der Waals surface area contributed by atoms with Crippen molar-refractivity contribution < 1.29 is 4.74 Å². The van der Waals surface area contributed by atoms with Gasteiger partial charge in [0.25, 0.3) is 0 Å². The molecule has 0 spiro atoms. The number of rotatable bonds is 6. The third-order valence-electron chi connectivity index (χ3n) is 3.18. The molecule has 0 aliphatic carbocycles. The molecule has 2 N–H and O–H groups in total. The minimum atomic E-state index is 0.350. The lowest BCUT2D eigenvalue weighted by molar-refractivity contribution is 0.286. The fourth-order valence-electron chi connectivity index (χ4n) is 2.18. The second kappa shape index (κ2) is 6.52. The molecule has 20 heavy (non-hydrogen) atoms. The minimum absolute atomic E-state index is 0.350. The van der Waals surface area contributed by atoms with Gasteiger partial charge in [0.05, 0.1) is 17.9 Å². The van der Waals surface area contributed by atoms with Crippen LogP contribution >= 0.6 is 0 Å².